The van der Waals surface area contributed by atoms with Crippen LogP contribution in [-0.2, 0) is 14.8 Å². The van der Waals surface area contributed by atoms with Crippen LogP contribution in [0.25, 0.3) is 0 Å². The van der Waals surface area contributed by atoms with Gasteiger partial charge in [-0.1, -0.05) is 12.3 Å². The van der Waals surface area contributed by atoms with Gasteiger partial charge in [-0.05, 0) is 50.6 Å². The third-order valence-electron chi connectivity index (χ3n) is 3.29. The summed E-state index contributed by atoms with van der Waals surface area (Å²) in [5.74, 6) is 5.08. The Labute approximate surface area is 147 Å². The van der Waals surface area contributed by atoms with E-state index in [9.17, 15) is 13.2 Å². The number of hydrogen-bond acceptors (Lipinski definition) is 6. The molecule has 0 aliphatic heterocycles. The first kappa shape index (κ1) is 20.9. The molecule has 0 aromatic heterocycles. The summed E-state index contributed by atoms with van der Waals surface area (Å²) in [6.45, 7) is 2.34. The topological polar surface area (TPSA) is 131 Å². The van der Waals surface area contributed by atoms with Gasteiger partial charge in [0.2, 0.25) is 10.0 Å². The SMILES string of the molecule is CC#CCOc1ccc(S(=O)(=O)N[C@H](CCCCN)C(=O)NO)cc1. The highest BCUT2D eigenvalue weighted by molar-refractivity contribution is 7.89. The van der Waals surface area contributed by atoms with E-state index < -0.39 is 22.0 Å². The van der Waals surface area contributed by atoms with E-state index in [1.54, 1.807) is 6.92 Å². The molecular weight excluding hydrogens is 346 g/mol. The Bertz CT molecular complexity index is 708. The van der Waals surface area contributed by atoms with Crippen molar-refractivity contribution in [3.8, 4) is 17.6 Å². The number of rotatable bonds is 10. The lowest BCUT2D eigenvalue weighted by atomic mass is 10.1. The predicted molar refractivity (Wildman–Crippen MR) is 92.3 cm³/mol. The largest absolute Gasteiger partial charge is 0.481 e. The lowest BCUT2D eigenvalue weighted by molar-refractivity contribution is -0.131. The molecule has 0 saturated carbocycles. The molecule has 1 atom stereocenters. The fourth-order valence-corrected chi connectivity index (χ4v) is 3.21. The second-order valence-corrected chi connectivity index (χ2v) is 6.84. The Hall–Kier alpha value is -2.12. The predicted octanol–water partition coefficient (Wildman–Crippen LogP) is 0.370. The number of nitrogens with one attached hydrogen (secondary N) is 2. The zero-order valence-electron chi connectivity index (χ0n) is 14.0. The second-order valence-electron chi connectivity index (χ2n) is 5.12. The fourth-order valence-electron chi connectivity index (χ4n) is 1.98. The maximum Gasteiger partial charge on any atom is 0.261 e. The standard InChI is InChI=1S/C16H23N3O5S/c1-2-3-12-24-13-7-9-14(10-8-13)25(22,23)19-15(16(20)18-21)6-4-5-11-17/h7-10,15,19,21H,4-6,11-12,17H2,1H3,(H,18,20)/t15-/m1/s1. The Kier molecular flexibility index (Phi) is 8.94. The number of carbonyl (C=O) groups is 1. The zero-order chi connectivity index (χ0) is 18.7. The highest BCUT2D eigenvalue weighted by Gasteiger charge is 2.25. The number of ether oxygens (including phenoxy) is 1. The fraction of sp³-hybridized carbons (Fsp3) is 0.438. The molecule has 0 bridgehead atoms. The average molecular weight is 369 g/mol. The number of amides is 1. The van der Waals surface area contributed by atoms with Gasteiger partial charge in [-0.2, -0.15) is 4.72 Å². The molecule has 8 nitrogen and oxygen atoms in total. The van der Waals surface area contributed by atoms with Gasteiger partial charge >= 0.3 is 0 Å². The lowest BCUT2D eigenvalue weighted by Gasteiger charge is -2.17. The van der Waals surface area contributed by atoms with Crippen molar-refractivity contribution in [1.29, 1.82) is 0 Å². The maximum absolute atomic E-state index is 12.4. The Morgan fingerprint density at radius 3 is 2.56 bits per heavy atom. The lowest BCUT2D eigenvalue weighted by Crippen LogP contribution is -2.45. The van der Waals surface area contributed by atoms with Crippen LogP contribution in [0.5, 0.6) is 5.75 Å². The second kappa shape index (κ2) is 10.7. The number of hydrogen-bond donors (Lipinski definition) is 4. The van der Waals surface area contributed by atoms with E-state index >= 15 is 0 Å². The zero-order valence-corrected chi connectivity index (χ0v) is 14.8. The van der Waals surface area contributed by atoms with E-state index in [1.807, 2.05) is 0 Å². The number of hydroxylamine groups is 1. The van der Waals surface area contributed by atoms with E-state index in [4.69, 9.17) is 15.7 Å². The van der Waals surface area contributed by atoms with Crippen LogP contribution in [0.2, 0.25) is 0 Å². The highest BCUT2D eigenvalue weighted by Crippen LogP contribution is 2.17. The maximum atomic E-state index is 12.4. The van der Waals surface area contributed by atoms with Crippen LogP contribution in [0.3, 0.4) is 0 Å². The van der Waals surface area contributed by atoms with Crippen LogP contribution in [0.1, 0.15) is 26.2 Å². The van der Waals surface area contributed by atoms with Gasteiger partial charge < -0.3 is 10.5 Å². The molecule has 0 aliphatic carbocycles. The molecule has 0 fully saturated rings. The summed E-state index contributed by atoms with van der Waals surface area (Å²) in [6, 6.07) is 4.65. The Balaban J connectivity index is 2.82. The number of sulfonamides is 1. The van der Waals surface area contributed by atoms with Gasteiger partial charge in [0.25, 0.3) is 5.91 Å². The van der Waals surface area contributed by atoms with Crippen molar-refractivity contribution in [2.45, 2.75) is 37.1 Å². The molecule has 0 radical (unpaired) electrons. The summed E-state index contributed by atoms with van der Waals surface area (Å²) in [7, 11) is -3.93. The van der Waals surface area contributed by atoms with Gasteiger partial charge in [-0.15, -0.1) is 5.92 Å². The highest BCUT2D eigenvalue weighted by atomic mass is 32.2. The molecule has 0 heterocycles. The Morgan fingerprint density at radius 1 is 1.32 bits per heavy atom. The molecular formula is C16H23N3O5S. The molecule has 1 amide bonds. The number of nitrogens with two attached hydrogens (primary N) is 1. The quantitative estimate of drug-likeness (QED) is 0.204. The summed E-state index contributed by atoms with van der Waals surface area (Å²) in [5.41, 5.74) is 6.86. The molecule has 0 saturated heterocycles. The molecule has 0 aliphatic rings. The van der Waals surface area contributed by atoms with Gasteiger partial charge in [-0.25, -0.2) is 13.9 Å². The van der Waals surface area contributed by atoms with Crippen molar-refractivity contribution in [2.24, 2.45) is 5.73 Å². The minimum absolute atomic E-state index is 0.0176. The van der Waals surface area contributed by atoms with Crippen LogP contribution >= 0.6 is 0 Å². The molecule has 9 heteroatoms. The number of unbranched alkanes of at least 4 members (excludes halogenated alkanes) is 1. The van der Waals surface area contributed by atoms with Crippen LogP contribution < -0.4 is 20.7 Å². The summed E-state index contributed by atoms with van der Waals surface area (Å²) in [4.78, 5) is 11.6. The molecule has 1 aromatic carbocycles. The van der Waals surface area contributed by atoms with Crippen LogP contribution in [0, 0.1) is 11.8 Å². The Morgan fingerprint density at radius 2 is 2.00 bits per heavy atom. The first-order valence-corrected chi connectivity index (χ1v) is 9.21. The third-order valence-corrected chi connectivity index (χ3v) is 4.78. The normalized spacial score (nSPS) is 12.0. The van der Waals surface area contributed by atoms with Crippen molar-refractivity contribution in [3.05, 3.63) is 24.3 Å². The third kappa shape index (κ3) is 7.11. The molecule has 0 unspecified atom stereocenters. The summed E-state index contributed by atoms with van der Waals surface area (Å²) in [5, 5.41) is 8.78. The van der Waals surface area contributed by atoms with Gasteiger partial charge in [-0.3, -0.25) is 10.0 Å². The van der Waals surface area contributed by atoms with Crippen molar-refractivity contribution in [3.63, 3.8) is 0 Å². The summed E-state index contributed by atoms with van der Waals surface area (Å²) < 4.78 is 32.4. The molecule has 1 rings (SSSR count). The van der Waals surface area contributed by atoms with Gasteiger partial charge in [0, 0.05) is 0 Å². The van der Waals surface area contributed by atoms with Gasteiger partial charge in [0.05, 0.1) is 4.90 Å². The molecule has 0 spiro atoms. The minimum Gasteiger partial charge on any atom is -0.481 e. The van der Waals surface area contributed by atoms with E-state index in [-0.39, 0.29) is 17.9 Å². The average Bonchev–Trinajstić information content (AvgIpc) is 2.61. The smallest absolute Gasteiger partial charge is 0.261 e. The molecule has 138 valence electrons. The van der Waals surface area contributed by atoms with Crippen LogP contribution in [-0.4, -0.2) is 38.7 Å². The molecule has 1 aromatic rings. The molecule has 25 heavy (non-hydrogen) atoms. The van der Waals surface area contributed by atoms with E-state index in [0.717, 1.165) is 0 Å². The van der Waals surface area contributed by atoms with E-state index in [1.165, 1.54) is 29.7 Å². The van der Waals surface area contributed by atoms with E-state index in [2.05, 4.69) is 16.6 Å². The summed E-state index contributed by atoms with van der Waals surface area (Å²) >= 11 is 0. The first-order chi connectivity index (χ1) is 11.9. The van der Waals surface area contributed by atoms with Crippen molar-refractivity contribution < 1.29 is 23.2 Å². The summed E-state index contributed by atoms with van der Waals surface area (Å²) in [6.07, 6.45) is 1.41. The van der Waals surface area contributed by atoms with Crippen LogP contribution in [0.4, 0.5) is 0 Å². The van der Waals surface area contributed by atoms with Gasteiger partial charge in [0.15, 0.2) is 0 Å². The first-order valence-electron chi connectivity index (χ1n) is 7.73. The monoisotopic (exact) mass is 369 g/mol. The number of carbonyl (C=O) groups excluding carboxylic acids is 1. The van der Waals surface area contributed by atoms with Crippen LogP contribution in [0.15, 0.2) is 29.2 Å². The minimum atomic E-state index is -3.93. The van der Waals surface area contributed by atoms with E-state index in [0.29, 0.717) is 25.1 Å². The molecule has 5 N–H and O–H groups in total. The van der Waals surface area contributed by atoms with Crippen molar-refractivity contribution in [1.82, 2.24) is 10.2 Å². The van der Waals surface area contributed by atoms with Crippen molar-refractivity contribution >= 4 is 15.9 Å². The van der Waals surface area contributed by atoms with Gasteiger partial charge in [0.1, 0.15) is 18.4 Å². The number of benzene rings is 1. The van der Waals surface area contributed by atoms with Crippen molar-refractivity contribution in [2.75, 3.05) is 13.2 Å².